The van der Waals surface area contributed by atoms with Gasteiger partial charge in [-0.15, -0.1) is 13.2 Å². The highest BCUT2D eigenvalue weighted by Crippen LogP contribution is 2.40. The fraction of sp³-hybridized carbons (Fsp3) is 0.143. The summed E-state index contributed by atoms with van der Waals surface area (Å²) >= 11 is 2.82. The maximum atomic E-state index is 11.8. The van der Waals surface area contributed by atoms with Crippen LogP contribution in [0, 0.1) is 0 Å². The maximum Gasteiger partial charge on any atom is 0.573 e. The number of anilines is 1. The molecule has 0 atom stereocenters. The van der Waals surface area contributed by atoms with Crippen LogP contribution < -0.4 is 10.5 Å². The van der Waals surface area contributed by atoms with Gasteiger partial charge in [-0.25, -0.2) is 0 Å². The van der Waals surface area contributed by atoms with Gasteiger partial charge in [0.1, 0.15) is 0 Å². The molecule has 1 rings (SSSR count). The average Bonchev–Trinajstić information content (AvgIpc) is 2.04. The van der Waals surface area contributed by atoms with E-state index in [-0.39, 0.29) is 10.2 Å². The van der Waals surface area contributed by atoms with Gasteiger partial charge in [0.05, 0.1) is 4.47 Å². The number of phenols is 1. The van der Waals surface area contributed by atoms with Gasteiger partial charge in [-0.05, 0) is 28.1 Å². The molecule has 0 radical (unpaired) electrons. The minimum absolute atomic E-state index is 0.0285. The lowest BCUT2D eigenvalue weighted by molar-refractivity contribution is -0.275. The van der Waals surface area contributed by atoms with Crippen LogP contribution >= 0.6 is 15.9 Å². The average molecular weight is 272 g/mol. The van der Waals surface area contributed by atoms with Gasteiger partial charge in [0.15, 0.2) is 11.5 Å². The number of nitrogen functional groups attached to an aromatic ring is 1. The number of aromatic hydroxyl groups is 1. The first-order chi connectivity index (χ1) is 6.31. The van der Waals surface area contributed by atoms with Crippen molar-refractivity contribution in [2.75, 3.05) is 5.73 Å². The Kier molecular flexibility index (Phi) is 2.79. The summed E-state index contributed by atoms with van der Waals surface area (Å²) in [7, 11) is 0. The third-order valence-corrected chi connectivity index (χ3v) is 2.17. The van der Waals surface area contributed by atoms with E-state index in [1.165, 1.54) is 6.07 Å². The summed E-state index contributed by atoms with van der Waals surface area (Å²) in [6.07, 6.45) is -4.84. The molecule has 1 aromatic rings. The molecule has 0 saturated heterocycles. The van der Waals surface area contributed by atoms with E-state index in [4.69, 9.17) is 5.73 Å². The molecule has 0 aromatic heterocycles. The minimum Gasteiger partial charge on any atom is -0.503 e. The molecule has 3 N–H and O–H groups in total. The number of rotatable bonds is 1. The van der Waals surface area contributed by atoms with Crippen molar-refractivity contribution in [1.29, 1.82) is 0 Å². The first kappa shape index (κ1) is 11.0. The zero-order chi connectivity index (χ0) is 10.9. The van der Waals surface area contributed by atoms with Crippen LogP contribution in [0.3, 0.4) is 0 Å². The molecule has 14 heavy (non-hydrogen) atoms. The summed E-state index contributed by atoms with van der Waals surface area (Å²) in [5, 5.41) is 9.19. The van der Waals surface area contributed by atoms with Crippen LogP contribution in [0.4, 0.5) is 18.9 Å². The van der Waals surface area contributed by atoms with E-state index in [1.54, 1.807) is 0 Å². The predicted octanol–water partition coefficient (Wildman–Crippen LogP) is 2.64. The number of nitrogens with two attached hydrogens (primary N) is 1. The Labute approximate surface area is 85.4 Å². The fourth-order valence-electron chi connectivity index (χ4n) is 0.769. The van der Waals surface area contributed by atoms with Crippen LogP contribution in [-0.4, -0.2) is 11.5 Å². The number of hydrogen-bond acceptors (Lipinski definition) is 3. The smallest absolute Gasteiger partial charge is 0.503 e. The molecule has 0 saturated carbocycles. The fourth-order valence-corrected chi connectivity index (χ4v) is 1.10. The number of hydrogen-bond donors (Lipinski definition) is 2. The largest absolute Gasteiger partial charge is 0.573 e. The molecular weight excluding hydrogens is 267 g/mol. The SMILES string of the molecule is Nc1ccc(OC(F)(F)F)c(O)c1Br. The molecule has 1 aromatic carbocycles. The van der Waals surface area contributed by atoms with E-state index in [2.05, 4.69) is 20.7 Å². The second kappa shape index (κ2) is 3.56. The Morgan fingerprint density at radius 2 is 1.93 bits per heavy atom. The third kappa shape index (κ3) is 2.44. The van der Waals surface area contributed by atoms with Crippen LogP contribution in [0.2, 0.25) is 0 Å². The molecule has 0 amide bonds. The first-order valence-corrected chi connectivity index (χ1v) is 4.13. The Hall–Kier alpha value is -1.11. The lowest BCUT2D eigenvalue weighted by Crippen LogP contribution is -2.17. The van der Waals surface area contributed by atoms with Crippen molar-refractivity contribution in [3.05, 3.63) is 16.6 Å². The number of halogens is 4. The second-order valence-corrected chi connectivity index (χ2v) is 3.16. The first-order valence-electron chi connectivity index (χ1n) is 3.34. The molecule has 0 fully saturated rings. The Bertz CT molecular complexity index is 354. The summed E-state index contributed by atoms with van der Waals surface area (Å²) in [5.74, 6) is -1.37. The molecule has 0 aliphatic rings. The third-order valence-electron chi connectivity index (χ3n) is 1.33. The van der Waals surface area contributed by atoms with Gasteiger partial charge in [-0.3, -0.25) is 0 Å². The highest BCUT2D eigenvalue weighted by molar-refractivity contribution is 9.10. The van der Waals surface area contributed by atoms with Gasteiger partial charge in [-0.2, -0.15) is 0 Å². The number of alkyl halides is 3. The van der Waals surface area contributed by atoms with Crippen LogP contribution in [0.1, 0.15) is 0 Å². The molecule has 0 bridgehead atoms. The van der Waals surface area contributed by atoms with E-state index in [9.17, 15) is 18.3 Å². The topological polar surface area (TPSA) is 55.5 Å². The summed E-state index contributed by atoms with van der Waals surface area (Å²) in [6.45, 7) is 0. The Morgan fingerprint density at radius 1 is 1.36 bits per heavy atom. The maximum absolute atomic E-state index is 11.8. The van der Waals surface area contributed by atoms with Crippen molar-refractivity contribution in [3.8, 4) is 11.5 Å². The lowest BCUT2D eigenvalue weighted by atomic mass is 10.3. The molecule has 0 aliphatic carbocycles. The molecule has 0 spiro atoms. The molecule has 0 heterocycles. The van der Waals surface area contributed by atoms with Gasteiger partial charge in [0.2, 0.25) is 0 Å². The van der Waals surface area contributed by atoms with Crippen molar-refractivity contribution in [2.45, 2.75) is 6.36 Å². The number of benzene rings is 1. The van der Waals surface area contributed by atoms with E-state index >= 15 is 0 Å². The lowest BCUT2D eigenvalue weighted by Gasteiger charge is -2.11. The highest BCUT2D eigenvalue weighted by Gasteiger charge is 2.32. The molecule has 0 unspecified atom stereocenters. The predicted molar refractivity (Wildman–Crippen MR) is 46.9 cm³/mol. The normalized spacial score (nSPS) is 11.4. The zero-order valence-electron chi connectivity index (χ0n) is 6.60. The van der Waals surface area contributed by atoms with Gasteiger partial charge in [0, 0.05) is 5.69 Å². The van der Waals surface area contributed by atoms with Crippen molar-refractivity contribution in [1.82, 2.24) is 0 Å². The van der Waals surface area contributed by atoms with E-state index in [0.717, 1.165) is 6.07 Å². The molecule has 78 valence electrons. The molecule has 7 heteroatoms. The van der Waals surface area contributed by atoms with Crippen LogP contribution in [0.25, 0.3) is 0 Å². The Morgan fingerprint density at radius 3 is 2.43 bits per heavy atom. The molecular formula is C7H5BrF3NO2. The van der Waals surface area contributed by atoms with E-state index in [0.29, 0.717) is 0 Å². The van der Waals surface area contributed by atoms with Crippen LogP contribution in [0.5, 0.6) is 11.5 Å². The molecule has 3 nitrogen and oxygen atoms in total. The van der Waals surface area contributed by atoms with Crippen molar-refractivity contribution in [3.63, 3.8) is 0 Å². The van der Waals surface area contributed by atoms with Gasteiger partial charge in [0.25, 0.3) is 0 Å². The van der Waals surface area contributed by atoms with Crippen molar-refractivity contribution < 1.29 is 23.0 Å². The Balaban J connectivity index is 3.06. The summed E-state index contributed by atoms with van der Waals surface area (Å²) in [6, 6.07) is 2.12. The van der Waals surface area contributed by atoms with Gasteiger partial charge >= 0.3 is 6.36 Å². The standard InChI is InChI=1S/C7H5BrF3NO2/c8-5-3(12)1-2-4(6(5)13)14-7(9,10)11/h1-2,13H,12H2. The quantitative estimate of drug-likeness (QED) is 0.772. The highest BCUT2D eigenvalue weighted by atomic mass is 79.9. The number of ether oxygens (including phenoxy) is 1. The second-order valence-electron chi connectivity index (χ2n) is 2.36. The van der Waals surface area contributed by atoms with E-state index < -0.39 is 17.9 Å². The van der Waals surface area contributed by atoms with Crippen molar-refractivity contribution in [2.24, 2.45) is 0 Å². The van der Waals surface area contributed by atoms with E-state index in [1.807, 2.05) is 0 Å². The van der Waals surface area contributed by atoms with Crippen molar-refractivity contribution >= 4 is 21.6 Å². The zero-order valence-corrected chi connectivity index (χ0v) is 8.19. The monoisotopic (exact) mass is 271 g/mol. The summed E-state index contributed by atoms with van der Waals surface area (Å²) < 4.78 is 38.8. The van der Waals surface area contributed by atoms with Crippen LogP contribution in [-0.2, 0) is 0 Å². The van der Waals surface area contributed by atoms with Gasteiger partial charge < -0.3 is 15.6 Å². The number of phenolic OH excluding ortho intramolecular Hbond substituents is 1. The minimum atomic E-state index is -4.84. The molecule has 0 aliphatic heterocycles. The van der Waals surface area contributed by atoms with Gasteiger partial charge in [-0.1, -0.05) is 0 Å². The van der Waals surface area contributed by atoms with Crippen LogP contribution in [0.15, 0.2) is 16.6 Å². The summed E-state index contributed by atoms with van der Waals surface area (Å²) in [4.78, 5) is 0. The summed E-state index contributed by atoms with van der Waals surface area (Å²) in [5.41, 5.74) is 5.43.